The van der Waals surface area contributed by atoms with Gasteiger partial charge in [0.2, 0.25) is 0 Å². The Morgan fingerprint density at radius 1 is 1.56 bits per heavy atom. The van der Waals surface area contributed by atoms with Crippen molar-refractivity contribution in [2.75, 3.05) is 5.73 Å². The summed E-state index contributed by atoms with van der Waals surface area (Å²) >= 11 is 1.49. The van der Waals surface area contributed by atoms with Crippen LogP contribution in [0.2, 0.25) is 0 Å². The summed E-state index contributed by atoms with van der Waals surface area (Å²) in [5, 5.41) is 11.6. The lowest BCUT2D eigenvalue weighted by molar-refractivity contribution is 0.0696. The highest BCUT2D eigenvalue weighted by Gasteiger charge is 2.08. The molecule has 0 saturated carbocycles. The van der Waals surface area contributed by atoms with Gasteiger partial charge in [-0.05, 0) is 25.1 Å². The van der Waals surface area contributed by atoms with Gasteiger partial charge >= 0.3 is 5.97 Å². The van der Waals surface area contributed by atoms with Gasteiger partial charge in [0.1, 0.15) is 17.4 Å². The van der Waals surface area contributed by atoms with E-state index in [1.54, 1.807) is 0 Å². The van der Waals surface area contributed by atoms with Crippen LogP contribution in [0.15, 0.2) is 23.6 Å². The fraction of sp³-hybridized carbons (Fsp3) is 0.167. The maximum Gasteiger partial charge on any atom is 0.335 e. The first-order valence-corrected chi connectivity index (χ1v) is 6.11. The van der Waals surface area contributed by atoms with Crippen molar-refractivity contribution in [1.82, 2.24) is 4.98 Å². The molecule has 94 valence electrons. The summed E-state index contributed by atoms with van der Waals surface area (Å²) in [6.07, 6.45) is 0. The summed E-state index contributed by atoms with van der Waals surface area (Å²) in [5.41, 5.74) is 7.22. The molecular formula is C12H12N2O3S. The fourth-order valence-corrected chi connectivity index (χ4v) is 2.08. The standard InChI is InChI=1S/C12H12N2O3S/c1-7-6-18-11(14-7)5-17-10-4-8(12(15)16)2-3-9(10)13/h2-4,6H,5,13H2,1H3,(H,15,16). The van der Waals surface area contributed by atoms with E-state index in [2.05, 4.69) is 4.98 Å². The van der Waals surface area contributed by atoms with Crippen LogP contribution in [0.3, 0.4) is 0 Å². The molecule has 1 aromatic carbocycles. The largest absolute Gasteiger partial charge is 0.484 e. The number of nitrogens with two attached hydrogens (primary N) is 1. The van der Waals surface area contributed by atoms with E-state index in [0.29, 0.717) is 11.4 Å². The van der Waals surface area contributed by atoms with Crippen molar-refractivity contribution in [2.45, 2.75) is 13.5 Å². The number of hydrogen-bond donors (Lipinski definition) is 2. The highest BCUT2D eigenvalue weighted by atomic mass is 32.1. The third kappa shape index (κ3) is 2.78. The molecule has 6 heteroatoms. The zero-order chi connectivity index (χ0) is 13.1. The van der Waals surface area contributed by atoms with E-state index in [1.165, 1.54) is 29.5 Å². The van der Waals surface area contributed by atoms with E-state index in [0.717, 1.165) is 10.7 Å². The van der Waals surface area contributed by atoms with Crippen LogP contribution in [0.1, 0.15) is 21.1 Å². The minimum Gasteiger partial charge on any atom is -0.484 e. The number of carbonyl (C=O) groups is 1. The number of nitrogen functional groups attached to an aromatic ring is 1. The third-order valence-corrected chi connectivity index (χ3v) is 3.22. The van der Waals surface area contributed by atoms with E-state index in [-0.39, 0.29) is 12.2 Å². The molecule has 0 aliphatic rings. The normalized spacial score (nSPS) is 10.3. The number of carboxylic acid groups (broad SMARTS) is 1. The first kappa shape index (κ1) is 12.4. The highest BCUT2D eigenvalue weighted by Crippen LogP contribution is 2.24. The fourth-order valence-electron chi connectivity index (χ4n) is 1.40. The minimum absolute atomic E-state index is 0.148. The number of aryl methyl sites for hydroxylation is 1. The molecule has 0 aliphatic heterocycles. The number of benzene rings is 1. The molecule has 0 amide bonds. The van der Waals surface area contributed by atoms with E-state index >= 15 is 0 Å². The van der Waals surface area contributed by atoms with Crippen LogP contribution < -0.4 is 10.5 Å². The van der Waals surface area contributed by atoms with Gasteiger partial charge in [-0.15, -0.1) is 11.3 Å². The number of anilines is 1. The molecular weight excluding hydrogens is 252 g/mol. The number of aromatic carboxylic acids is 1. The van der Waals surface area contributed by atoms with Crippen LogP contribution in [-0.4, -0.2) is 16.1 Å². The van der Waals surface area contributed by atoms with Gasteiger partial charge in [0.15, 0.2) is 0 Å². The molecule has 5 nitrogen and oxygen atoms in total. The molecule has 3 N–H and O–H groups in total. The van der Waals surface area contributed by atoms with Gasteiger partial charge in [0, 0.05) is 11.1 Å². The Morgan fingerprint density at radius 3 is 2.94 bits per heavy atom. The average molecular weight is 264 g/mol. The van der Waals surface area contributed by atoms with Gasteiger partial charge < -0.3 is 15.6 Å². The topological polar surface area (TPSA) is 85.4 Å². The molecule has 2 rings (SSSR count). The Bertz CT molecular complexity index is 580. The molecule has 1 aromatic heterocycles. The molecule has 18 heavy (non-hydrogen) atoms. The van der Waals surface area contributed by atoms with Crippen molar-refractivity contribution in [3.05, 3.63) is 39.8 Å². The SMILES string of the molecule is Cc1csc(COc2cc(C(=O)O)ccc2N)n1. The van der Waals surface area contributed by atoms with Gasteiger partial charge in [-0.2, -0.15) is 0 Å². The number of thiazole rings is 1. The monoisotopic (exact) mass is 264 g/mol. The smallest absolute Gasteiger partial charge is 0.335 e. The Balaban J connectivity index is 2.13. The zero-order valence-electron chi connectivity index (χ0n) is 9.71. The summed E-state index contributed by atoms with van der Waals surface area (Å²) in [7, 11) is 0. The summed E-state index contributed by atoms with van der Waals surface area (Å²) in [6, 6.07) is 4.38. The van der Waals surface area contributed by atoms with Crippen LogP contribution in [-0.2, 0) is 6.61 Å². The van der Waals surface area contributed by atoms with Crippen LogP contribution in [0.5, 0.6) is 5.75 Å². The van der Waals surface area contributed by atoms with Crippen molar-refractivity contribution in [2.24, 2.45) is 0 Å². The van der Waals surface area contributed by atoms with Crippen LogP contribution in [0.25, 0.3) is 0 Å². The lowest BCUT2D eigenvalue weighted by Crippen LogP contribution is -2.02. The minimum atomic E-state index is -1.01. The van der Waals surface area contributed by atoms with Gasteiger partial charge in [-0.25, -0.2) is 9.78 Å². The predicted molar refractivity (Wildman–Crippen MR) is 69.0 cm³/mol. The molecule has 2 aromatic rings. The van der Waals surface area contributed by atoms with Crippen LogP contribution in [0.4, 0.5) is 5.69 Å². The maximum absolute atomic E-state index is 10.8. The third-order valence-electron chi connectivity index (χ3n) is 2.28. The second kappa shape index (κ2) is 5.05. The first-order chi connectivity index (χ1) is 8.56. The molecule has 0 atom stereocenters. The zero-order valence-corrected chi connectivity index (χ0v) is 10.5. The Hall–Kier alpha value is -2.08. The number of hydrogen-bond acceptors (Lipinski definition) is 5. The number of nitrogens with zero attached hydrogens (tertiary/aromatic N) is 1. The quantitative estimate of drug-likeness (QED) is 0.828. The van der Waals surface area contributed by atoms with E-state index in [4.69, 9.17) is 15.6 Å². The summed E-state index contributed by atoms with van der Waals surface area (Å²) < 4.78 is 5.49. The lowest BCUT2D eigenvalue weighted by Gasteiger charge is -2.08. The molecule has 0 unspecified atom stereocenters. The van der Waals surface area contributed by atoms with Crippen molar-refractivity contribution in [1.29, 1.82) is 0 Å². The van der Waals surface area contributed by atoms with Crippen molar-refractivity contribution < 1.29 is 14.6 Å². The van der Waals surface area contributed by atoms with Gasteiger partial charge in [0.05, 0.1) is 11.3 Å². The number of aromatic nitrogens is 1. The van der Waals surface area contributed by atoms with Crippen LogP contribution >= 0.6 is 11.3 Å². The Morgan fingerprint density at radius 2 is 2.33 bits per heavy atom. The molecule has 0 spiro atoms. The van der Waals surface area contributed by atoms with E-state index < -0.39 is 5.97 Å². The highest BCUT2D eigenvalue weighted by molar-refractivity contribution is 7.09. The lowest BCUT2D eigenvalue weighted by atomic mass is 10.2. The van der Waals surface area contributed by atoms with Crippen molar-refractivity contribution >= 4 is 23.0 Å². The van der Waals surface area contributed by atoms with Crippen molar-refractivity contribution in [3.63, 3.8) is 0 Å². The molecule has 0 saturated heterocycles. The van der Waals surface area contributed by atoms with Gasteiger partial charge in [-0.1, -0.05) is 0 Å². The second-order valence-corrected chi connectivity index (χ2v) is 4.67. The molecule has 0 aliphatic carbocycles. The number of ether oxygens (including phenoxy) is 1. The summed E-state index contributed by atoms with van der Waals surface area (Å²) in [6.45, 7) is 2.19. The molecule has 0 bridgehead atoms. The summed E-state index contributed by atoms with van der Waals surface area (Å²) in [4.78, 5) is 15.1. The predicted octanol–water partition coefficient (Wildman–Crippen LogP) is 2.31. The van der Waals surface area contributed by atoms with Gasteiger partial charge in [-0.3, -0.25) is 0 Å². The maximum atomic E-state index is 10.8. The second-order valence-electron chi connectivity index (χ2n) is 3.73. The average Bonchev–Trinajstić information content (AvgIpc) is 2.74. The van der Waals surface area contributed by atoms with E-state index in [1.807, 2.05) is 12.3 Å². The van der Waals surface area contributed by atoms with Crippen LogP contribution in [0, 0.1) is 6.92 Å². The number of carboxylic acids is 1. The number of rotatable bonds is 4. The Labute approximate surface area is 108 Å². The first-order valence-electron chi connectivity index (χ1n) is 5.23. The molecule has 0 radical (unpaired) electrons. The summed E-state index contributed by atoms with van der Waals surface area (Å²) in [5.74, 6) is -0.646. The molecule has 0 fully saturated rings. The molecule has 1 heterocycles. The van der Waals surface area contributed by atoms with Crippen molar-refractivity contribution in [3.8, 4) is 5.75 Å². The van der Waals surface area contributed by atoms with Gasteiger partial charge in [0.25, 0.3) is 0 Å². The Kier molecular flexibility index (Phi) is 3.47. The van der Waals surface area contributed by atoms with E-state index in [9.17, 15) is 4.79 Å².